The minimum absolute atomic E-state index is 0.176. The van der Waals surface area contributed by atoms with Crippen molar-refractivity contribution in [3.63, 3.8) is 0 Å². The lowest BCUT2D eigenvalue weighted by molar-refractivity contribution is -0.885. The molecule has 0 spiro atoms. The smallest absolute Gasteiger partial charge is 0.222 e. The summed E-state index contributed by atoms with van der Waals surface area (Å²) in [5, 5.41) is 3.30. The van der Waals surface area contributed by atoms with E-state index in [0.717, 1.165) is 19.7 Å². The highest BCUT2D eigenvalue weighted by Crippen LogP contribution is 2.16. The zero-order valence-corrected chi connectivity index (χ0v) is 8.27. The third-order valence-electron chi connectivity index (χ3n) is 2.34. The summed E-state index contributed by atoms with van der Waals surface area (Å²) in [4.78, 5) is 5.02. The molecule has 4 nitrogen and oxygen atoms in total. The topological polar surface area (TPSA) is 34.4 Å². The van der Waals surface area contributed by atoms with Gasteiger partial charge in [-0.25, -0.2) is 0 Å². The van der Waals surface area contributed by atoms with E-state index in [-0.39, 0.29) is 6.10 Å². The van der Waals surface area contributed by atoms with Gasteiger partial charge in [-0.15, -0.1) is 0 Å². The molecule has 0 aromatic carbocycles. The molecule has 1 fully saturated rings. The normalized spacial score (nSPS) is 21.9. The van der Waals surface area contributed by atoms with Gasteiger partial charge in [0.2, 0.25) is 12.4 Å². The first kappa shape index (κ1) is 9.43. The Morgan fingerprint density at radius 3 is 2.86 bits per heavy atom. The van der Waals surface area contributed by atoms with Crippen molar-refractivity contribution in [2.75, 3.05) is 26.8 Å². The molecule has 1 aliphatic heterocycles. The van der Waals surface area contributed by atoms with Crippen LogP contribution in [0.25, 0.3) is 0 Å². The second kappa shape index (κ2) is 4.39. The van der Waals surface area contributed by atoms with Crippen LogP contribution in [0, 0.1) is 0 Å². The molecule has 2 heterocycles. The number of aromatic nitrogens is 1. The summed E-state index contributed by atoms with van der Waals surface area (Å²) in [6, 6.07) is 4.03. The number of hydrogen-bond acceptors (Lipinski definition) is 3. The van der Waals surface area contributed by atoms with Crippen LogP contribution in [0.15, 0.2) is 24.5 Å². The second-order valence-electron chi connectivity index (χ2n) is 3.24. The first-order valence-corrected chi connectivity index (χ1v) is 4.78. The minimum atomic E-state index is 0.176. The average molecular weight is 195 g/mol. The van der Waals surface area contributed by atoms with Crippen LogP contribution < -0.4 is 14.9 Å². The maximum Gasteiger partial charge on any atom is 0.222 e. The molecule has 1 unspecified atom stereocenters. The molecule has 76 valence electrons. The summed E-state index contributed by atoms with van der Waals surface area (Å²) < 4.78 is 7.28. The lowest BCUT2D eigenvalue weighted by Gasteiger charge is -2.23. The number of pyridine rings is 1. The zero-order chi connectivity index (χ0) is 9.80. The number of nitrogens with zero attached hydrogens (tertiary/aromatic N) is 1. The highest BCUT2D eigenvalue weighted by atomic mass is 16.6. The van der Waals surface area contributed by atoms with E-state index in [1.807, 2.05) is 24.5 Å². The van der Waals surface area contributed by atoms with Crippen LogP contribution in [0.5, 0.6) is 0 Å². The third-order valence-corrected chi connectivity index (χ3v) is 2.34. The molecule has 1 atom stereocenters. The van der Waals surface area contributed by atoms with Gasteiger partial charge < -0.3 is 10.1 Å². The van der Waals surface area contributed by atoms with Crippen LogP contribution in [0.3, 0.4) is 0 Å². The quantitative estimate of drug-likeness (QED) is 0.658. The van der Waals surface area contributed by atoms with Gasteiger partial charge in [0.1, 0.15) is 7.11 Å². The Labute approximate surface area is 83.4 Å². The Morgan fingerprint density at radius 2 is 2.29 bits per heavy atom. The highest BCUT2D eigenvalue weighted by molar-refractivity contribution is 5.12. The number of rotatable bonds is 2. The van der Waals surface area contributed by atoms with Crippen molar-refractivity contribution in [1.82, 2.24) is 5.32 Å². The van der Waals surface area contributed by atoms with Crippen molar-refractivity contribution in [2.24, 2.45) is 0 Å². The molecular weight excluding hydrogens is 180 g/mol. The molecular formula is C10H15N2O2+. The van der Waals surface area contributed by atoms with Crippen molar-refractivity contribution in [3.8, 4) is 0 Å². The van der Waals surface area contributed by atoms with Crippen LogP contribution in [-0.2, 0) is 4.74 Å². The van der Waals surface area contributed by atoms with Crippen LogP contribution in [0.2, 0.25) is 0 Å². The Hall–Kier alpha value is -1.13. The molecule has 0 radical (unpaired) electrons. The van der Waals surface area contributed by atoms with E-state index >= 15 is 0 Å². The fourth-order valence-corrected chi connectivity index (χ4v) is 1.54. The molecule has 1 aromatic rings. The maximum atomic E-state index is 5.62. The molecule has 0 aliphatic carbocycles. The van der Waals surface area contributed by atoms with Crippen molar-refractivity contribution < 1.29 is 14.3 Å². The predicted octanol–water partition coefficient (Wildman–Crippen LogP) is -0.307. The van der Waals surface area contributed by atoms with E-state index in [2.05, 4.69) is 5.32 Å². The average Bonchev–Trinajstić information content (AvgIpc) is 2.30. The van der Waals surface area contributed by atoms with E-state index in [4.69, 9.17) is 9.57 Å². The lowest BCUT2D eigenvalue weighted by atomic mass is 10.1. The largest absolute Gasteiger partial charge is 0.371 e. The number of nitrogens with one attached hydrogen (secondary N) is 1. The van der Waals surface area contributed by atoms with E-state index in [0.29, 0.717) is 0 Å². The van der Waals surface area contributed by atoms with E-state index < -0.39 is 0 Å². The van der Waals surface area contributed by atoms with Gasteiger partial charge >= 0.3 is 0 Å². The Kier molecular flexibility index (Phi) is 2.96. The molecule has 0 bridgehead atoms. The first-order valence-electron chi connectivity index (χ1n) is 4.78. The van der Waals surface area contributed by atoms with Gasteiger partial charge in [-0.1, -0.05) is 0 Å². The number of hydrogen-bond donors (Lipinski definition) is 1. The summed E-state index contributed by atoms with van der Waals surface area (Å²) >= 11 is 0. The monoisotopic (exact) mass is 195 g/mol. The molecule has 1 saturated heterocycles. The number of ether oxygens (including phenoxy) is 1. The van der Waals surface area contributed by atoms with Gasteiger partial charge in [-0.05, 0) is 5.56 Å². The van der Waals surface area contributed by atoms with Crippen molar-refractivity contribution in [1.29, 1.82) is 0 Å². The summed E-state index contributed by atoms with van der Waals surface area (Å²) in [6.07, 6.45) is 3.94. The summed E-state index contributed by atoms with van der Waals surface area (Å²) in [7, 11) is 1.64. The molecule has 2 rings (SSSR count). The number of morpholine rings is 1. The van der Waals surface area contributed by atoms with Crippen molar-refractivity contribution >= 4 is 0 Å². The predicted molar refractivity (Wildman–Crippen MR) is 50.7 cm³/mol. The Balaban J connectivity index is 2.07. The third kappa shape index (κ3) is 2.02. The standard InChI is InChI=1S/C10H15N2O2/c1-13-12-5-2-9(3-6-12)10-8-11-4-7-14-10/h2-3,5-6,10-11H,4,7-8H2,1H3/q+1. The summed E-state index contributed by atoms with van der Waals surface area (Å²) in [5.74, 6) is 0. The van der Waals surface area contributed by atoms with E-state index in [1.165, 1.54) is 5.56 Å². The fraction of sp³-hybridized carbons (Fsp3) is 0.500. The fourth-order valence-electron chi connectivity index (χ4n) is 1.54. The van der Waals surface area contributed by atoms with Gasteiger partial charge in [-0.2, -0.15) is 0 Å². The summed E-state index contributed by atoms with van der Waals surface area (Å²) in [6.45, 7) is 2.61. The minimum Gasteiger partial charge on any atom is -0.371 e. The molecule has 1 aliphatic rings. The maximum absolute atomic E-state index is 5.62. The van der Waals surface area contributed by atoms with Crippen LogP contribution in [0.1, 0.15) is 11.7 Å². The zero-order valence-electron chi connectivity index (χ0n) is 8.27. The molecule has 1 aromatic heterocycles. The first-order chi connectivity index (χ1) is 6.90. The van der Waals surface area contributed by atoms with Gasteiger partial charge in [0.25, 0.3) is 0 Å². The molecule has 0 amide bonds. The summed E-state index contributed by atoms with van der Waals surface area (Å²) in [5.41, 5.74) is 1.19. The lowest BCUT2D eigenvalue weighted by Crippen LogP contribution is -2.40. The van der Waals surface area contributed by atoms with Crippen LogP contribution in [0.4, 0.5) is 0 Å². The van der Waals surface area contributed by atoms with E-state index in [9.17, 15) is 0 Å². The molecule has 4 heteroatoms. The molecule has 14 heavy (non-hydrogen) atoms. The molecule has 1 N–H and O–H groups in total. The van der Waals surface area contributed by atoms with Crippen molar-refractivity contribution in [2.45, 2.75) is 6.10 Å². The van der Waals surface area contributed by atoms with E-state index in [1.54, 1.807) is 11.8 Å². The van der Waals surface area contributed by atoms with Gasteiger partial charge in [0.15, 0.2) is 0 Å². The van der Waals surface area contributed by atoms with Gasteiger partial charge in [0, 0.05) is 30.0 Å². The van der Waals surface area contributed by atoms with Gasteiger partial charge in [0.05, 0.1) is 12.7 Å². The van der Waals surface area contributed by atoms with Gasteiger partial charge in [-0.3, -0.25) is 4.84 Å². The van der Waals surface area contributed by atoms with Crippen LogP contribution >= 0.6 is 0 Å². The van der Waals surface area contributed by atoms with Crippen molar-refractivity contribution in [3.05, 3.63) is 30.1 Å². The molecule has 0 saturated carbocycles. The second-order valence-corrected chi connectivity index (χ2v) is 3.24. The SMILES string of the molecule is CO[n+]1ccc(C2CNCCO2)cc1. The highest BCUT2D eigenvalue weighted by Gasteiger charge is 2.16. The van der Waals surface area contributed by atoms with Crippen LogP contribution in [-0.4, -0.2) is 26.8 Å². The Bertz CT molecular complexity index is 281. The Morgan fingerprint density at radius 1 is 1.50 bits per heavy atom.